The molecule has 1 atom stereocenters. The number of hydrogen-bond donors (Lipinski definition) is 1. The molecule has 0 aliphatic carbocycles. The molecule has 21 heavy (non-hydrogen) atoms. The quantitative estimate of drug-likeness (QED) is 0.859. The summed E-state index contributed by atoms with van der Waals surface area (Å²) in [6.45, 7) is 2.24. The summed E-state index contributed by atoms with van der Waals surface area (Å²) in [5, 5.41) is 2.94. The Morgan fingerprint density at radius 1 is 1.48 bits per heavy atom. The molecule has 0 spiro atoms. The summed E-state index contributed by atoms with van der Waals surface area (Å²) in [5.41, 5.74) is 1.15. The van der Waals surface area contributed by atoms with Crippen LogP contribution >= 0.6 is 11.6 Å². The summed E-state index contributed by atoms with van der Waals surface area (Å²) >= 11 is 6.07. The Kier molecular flexibility index (Phi) is 4.96. The van der Waals surface area contributed by atoms with E-state index in [0.29, 0.717) is 23.6 Å². The van der Waals surface area contributed by atoms with Crippen molar-refractivity contribution in [3.05, 3.63) is 34.3 Å². The number of amides is 2. The second-order valence-corrected chi connectivity index (χ2v) is 5.43. The zero-order valence-electron chi connectivity index (χ0n) is 11.8. The highest BCUT2D eigenvalue weighted by molar-refractivity contribution is 6.34. The van der Waals surface area contributed by atoms with E-state index >= 15 is 0 Å². The third-order valence-corrected chi connectivity index (χ3v) is 4.11. The van der Waals surface area contributed by atoms with E-state index in [4.69, 9.17) is 11.6 Å². The first kappa shape index (κ1) is 15.5. The summed E-state index contributed by atoms with van der Waals surface area (Å²) in [5.74, 6) is -0.638. The fraction of sp³-hybridized carbons (Fsp3) is 0.400. The predicted octanol–water partition coefficient (Wildman–Crippen LogP) is 1.57. The minimum atomic E-state index is -0.390. The lowest BCUT2D eigenvalue weighted by molar-refractivity contribution is -0.133. The van der Waals surface area contributed by atoms with Gasteiger partial charge in [0.2, 0.25) is 5.91 Å². The third kappa shape index (κ3) is 3.42. The van der Waals surface area contributed by atoms with Crippen LogP contribution in [0.3, 0.4) is 0 Å². The predicted molar refractivity (Wildman–Crippen MR) is 79.3 cm³/mol. The highest BCUT2D eigenvalue weighted by atomic mass is 35.5. The van der Waals surface area contributed by atoms with Crippen LogP contribution < -0.4 is 5.32 Å². The van der Waals surface area contributed by atoms with E-state index in [0.717, 1.165) is 18.3 Å². The number of likely N-dealkylation sites (tertiary alicyclic amines) is 1. The summed E-state index contributed by atoms with van der Waals surface area (Å²) in [4.78, 5) is 36.4. The number of hydrogen-bond acceptors (Lipinski definition) is 3. The molecule has 2 rings (SSSR count). The van der Waals surface area contributed by atoms with Crippen LogP contribution in [-0.2, 0) is 9.59 Å². The van der Waals surface area contributed by atoms with E-state index in [9.17, 15) is 14.4 Å². The van der Waals surface area contributed by atoms with Crippen molar-refractivity contribution in [1.82, 2.24) is 10.2 Å². The Labute approximate surface area is 128 Å². The van der Waals surface area contributed by atoms with Crippen molar-refractivity contribution >= 4 is 29.7 Å². The summed E-state index contributed by atoms with van der Waals surface area (Å²) < 4.78 is 0. The van der Waals surface area contributed by atoms with Gasteiger partial charge in [0.15, 0.2) is 0 Å². The van der Waals surface area contributed by atoms with Crippen molar-refractivity contribution in [1.29, 1.82) is 0 Å². The van der Waals surface area contributed by atoms with Crippen LogP contribution in [0.5, 0.6) is 0 Å². The molecular weight excluding hydrogens is 292 g/mol. The van der Waals surface area contributed by atoms with E-state index in [-0.39, 0.29) is 24.4 Å². The fourth-order valence-corrected chi connectivity index (χ4v) is 2.63. The van der Waals surface area contributed by atoms with Gasteiger partial charge in [-0.25, -0.2) is 0 Å². The van der Waals surface area contributed by atoms with E-state index < -0.39 is 0 Å². The van der Waals surface area contributed by atoms with Crippen molar-refractivity contribution in [2.24, 2.45) is 0 Å². The van der Waals surface area contributed by atoms with Crippen LogP contribution in [0.2, 0.25) is 5.02 Å². The third-order valence-electron chi connectivity index (χ3n) is 3.61. The smallest absolute Gasteiger partial charge is 0.253 e. The van der Waals surface area contributed by atoms with E-state index in [1.807, 2.05) is 13.0 Å². The van der Waals surface area contributed by atoms with Gasteiger partial charge in [0.25, 0.3) is 5.91 Å². The molecule has 5 nitrogen and oxygen atoms in total. The second-order valence-electron chi connectivity index (χ2n) is 5.05. The van der Waals surface area contributed by atoms with Gasteiger partial charge in [-0.15, -0.1) is 0 Å². The molecule has 2 amide bonds. The standard InChI is InChI=1S/C15H17ClN2O3/c1-10-4-2-6-12(14(10)16)15(21)17-8-13(20)18-7-3-5-11(18)9-19/h2,4,6,9,11H,3,5,7-8H2,1H3,(H,17,21)/t11-/m0/s1. The number of nitrogens with zero attached hydrogens (tertiary/aromatic N) is 1. The number of rotatable bonds is 4. The zero-order chi connectivity index (χ0) is 15.4. The van der Waals surface area contributed by atoms with Gasteiger partial charge in [0.1, 0.15) is 6.29 Å². The molecule has 0 aromatic heterocycles. The first-order chi connectivity index (χ1) is 10.0. The second kappa shape index (κ2) is 6.72. The number of aldehydes is 1. The zero-order valence-corrected chi connectivity index (χ0v) is 12.5. The molecule has 1 saturated heterocycles. The molecule has 1 heterocycles. The maximum absolute atomic E-state index is 12.1. The molecule has 0 unspecified atom stereocenters. The lowest BCUT2D eigenvalue weighted by Gasteiger charge is -2.20. The number of nitrogens with one attached hydrogen (secondary N) is 1. The Hall–Kier alpha value is -1.88. The number of carbonyl (C=O) groups excluding carboxylic acids is 3. The Balaban J connectivity index is 1.96. The van der Waals surface area contributed by atoms with Crippen LogP contribution in [0.15, 0.2) is 18.2 Å². The molecule has 1 aliphatic heterocycles. The maximum Gasteiger partial charge on any atom is 0.253 e. The molecule has 6 heteroatoms. The molecule has 0 radical (unpaired) electrons. The number of carbonyl (C=O) groups is 3. The molecule has 1 aromatic rings. The van der Waals surface area contributed by atoms with Crippen molar-refractivity contribution in [2.75, 3.05) is 13.1 Å². The molecule has 1 N–H and O–H groups in total. The monoisotopic (exact) mass is 308 g/mol. The van der Waals surface area contributed by atoms with Gasteiger partial charge in [-0.1, -0.05) is 23.7 Å². The van der Waals surface area contributed by atoms with Gasteiger partial charge >= 0.3 is 0 Å². The lowest BCUT2D eigenvalue weighted by atomic mass is 10.1. The summed E-state index contributed by atoms with van der Waals surface area (Å²) in [7, 11) is 0. The molecule has 1 aromatic carbocycles. The molecule has 1 fully saturated rings. The SMILES string of the molecule is Cc1cccc(C(=O)NCC(=O)N2CCC[C@H]2C=O)c1Cl. The molecule has 1 aliphatic rings. The fourth-order valence-electron chi connectivity index (χ4n) is 2.42. The van der Waals surface area contributed by atoms with Gasteiger partial charge < -0.3 is 15.0 Å². The van der Waals surface area contributed by atoms with E-state index in [2.05, 4.69) is 5.32 Å². The normalized spacial score (nSPS) is 17.6. The molecule has 112 valence electrons. The highest BCUT2D eigenvalue weighted by Crippen LogP contribution is 2.20. The topological polar surface area (TPSA) is 66.5 Å². The number of halogens is 1. The van der Waals surface area contributed by atoms with Crippen LogP contribution in [0.4, 0.5) is 0 Å². The minimum absolute atomic E-state index is 0.132. The Morgan fingerprint density at radius 3 is 2.95 bits per heavy atom. The average molecular weight is 309 g/mol. The summed E-state index contributed by atoms with van der Waals surface area (Å²) in [6.07, 6.45) is 2.28. The van der Waals surface area contributed by atoms with Gasteiger partial charge in [-0.05, 0) is 31.4 Å². The highest BCUT2D eigenvalue weighted by Gasteiger charge is 2.28. The number of aryl methyl sites for hydroxylation is 1. The first-order valence-corrected chi connectivity index (χ1v) is 7.20. The van der Waals surface area contributed by atoms with Gasteiger partial charge in [0, 0.05) is 6.54 Å². The van der Waals surface area contributed by atoms with Crippen LogP contribution in [0, 0.1) is 6.92 Å². The van der Waals surface area contributed by atoms with Crippen LogP contribution in [0.1, 0.15) is 28.8 Å². The summed E-state index contributed by atoms with van der Waals surface area (Å²) in [6, 6.07) is 4.79. The molecular formula is C15H17ClN2O3. The largest absolute Gasteiger partial charge is 0.343 e. The van der Waals surface area contributed by atoms with Gasteiger partial charge in [-0.3, -0.25) is 9.59 Å². The first-order valence-electron chi connectivity index (χ1n) is 6.82. The lowest BCUT2D eigenvalue weighted by Crippen LogP contribution is -2.43. The van der Waals surface area contributed by atoms with Crippen molar-refractivity contribution < 1.29 is 14.4 Å². The van der Waals surface area contributed by atoms with Crippen molar-refractivity contribution in [3.63, 3.8) is 0 Å². The van der Waals surface area contributed by atoms with Crippen LogP contribution in [0.25, 0.3) is 0 Å². The Morgan fingerprint density at radius 2 is 2.24 bits per heavy atom. The average Bonchev–Trinajstić information content (AvgIpc) is 2.95. The van der Waals surface area contributed by atoms with Gasteiger partial charge in [0.05, 0.1) is 23.2 Å². The minimum Gasteiger partial charge on any atom is -0.343 e. The van der Waals surface area contributed by atoms with Crippen molar-refractivity contribution in [3.8, 4) is 0 Å². The van der Waals surface area contributed by atoms with E-state index in [1.165, 1.54) is 4.90 Å². The van der Waals surface area contributed by atoms with Gasteiger partial charge in [-0.2, -0.15) is 0 Å². The molecule has 0 saturated carbocycles. The van der Waals surface area contributed by atoms with Crippen LogP contribution in [-0.4, -0.2) is 42.1 Å². The maximum atomic E-state index is 12.1. The van der Waals surface area contributed by atoms with E-state index in [1.54, 1.807) is 12.1 Å². The van der Waals surface area contributed by atoms with Crippen molar-refractivity contribution in [2.45, 2.75) is 25.8 Å². The molecule has 0 bridgehead atoms. The Bertz CT molecular complexity index is 574. The number of benzene rings is 1.